The fraction of sp³-hybridized carbons (Fsp3) is 0.190. The highest BCUT2D eigenvalue weighted by atomic mass is 32.2. The van der Waals surface area contributed by atoms with Gasteiger partial charge in [0.05, 0.1) is 13.0 Å². The lowest BCUT2D eigenvalue weighted by Crippen LogP contribution is -2.15. The third kappa shape index (κ3) is 4.86. The molecule has 0 heterocycles. The van der Waals surface area contributed by atoms with Crippen LogP contribution in [-0.4, -0.2) is 23.7 Å². The molecule has 0 saturated carbocycles. The number of benzene rings is 3. The van der Waals surface area contributed by atoms with Crippen molar-refractivity contribution in [3.05, 3.63) is 82.4 Å². The summed E-state index contributed by atoms with van der Waals surface area (Å²) in [6.45, 7) is -0.275. The normalized spacial score (nSPS) is 11.9. The van der Waals surface area contributed by atoms with Crippen LogP contribution in [0.15, 0.2) is 71.6 Å². The minimum Gasteiger partial charge on any atom is -0.497 e. The number of ether oxygens (including phenoxy) is 1. The van der Waals surface area contributed by atoms with Crippen LogP contribution in [0, 0.1) is 10.1 Å². The zero-order valence-corrected chi connectivity index (χ0v) is 15.6. The van der Waals surface area contributed by atoms with Gasteiger partial charge in [-0.25, -0.2) is 0 Å². The molecule has 0 aliphatic carbocycles. The minimum absolute atomic E-state index is 0.0973. The van der Waals surface area contributed by atoms with Gasteiger partial charge in [-0.2, -0.15) is 0 Å². The van der Waals surface area contributed by atoms with Crippen LogP contribution in [0.2, 0.25) is 0 Å². The molecule has 0 saturated heterocycles. The predicted molar refractivity (Wildman–Crippen MR) is 107 cm³/mol. The van der Waals surface area contributed by atoms with E-state index in [1.165, 1.54) is 0 Å². The number of rotatable bonds is 7. The Bertz CT molecular complexity index is 951. The lowest BCUT2D eigenvalue weighted by Gasteiger charge is -2.15. The van der Waals surface area contributed by atoms with E-state index in [-0.39, 0.29) is 23.0 Å². The second-order valence-electron chi connectivity index (χ2n) is 6.13. The van der Waals surface area contributed by atoms with E-state index in [1.54, 1.807) is 19.2 Å². The molecule has 5 nitrogen and oxygen atoms in total. The second-order valence-corrected chi connectivity index (χ2v) is 7.27. The first-order valence-corrected chi connectivity index (χ1v) is 9.32. The molecule has 0 N–H and O–H groups in total. The number of carbonyl (C=O) groups excluding carboxylic acids is 1. The van der Waals surface area contributed by atoms with Gasteiger partial charge in [0.15, 0.2) is 5.12 Å². The largest absolute Gasteiger partial charge is 0.497 e. The second kappa shape index (κ2) is 8.68. The molecule has 27 heavy (non-hydrogen) atoms. The first-order valence-electron chi connectivity index (χ1n) is 8.51. The molecule has 0 aliphatic rings. The highest BCUT2D eigenvalue weighted by Crippen LogP contribution is 2.32. The standard InChI is InChI=1S/C21H19NO4S/c1-26-17-9-11-18(12-10-17)27-21(23)13-16(14-22(24)25)20-8-4-6-15-5-2-3-7-19(15)20/h2-12,16H,13-14H2,1H3/t16-/m0/s1. The van der Waals surface area contributed by atoms with E-state index >= 15 is 0 Å². The Morgan fingerprint density at radius 3 is 2.48 bits per heavy atom. The number of thioether (sulfide) groups is 1. The zero-order chi connectivity index (χ0) is 19.2. The van der Waals surface area contributed by atoms with Gasteiger partial charge in [-0.1, -0.05) is 54.2 Å². The van der Waals surface area contributed by atoms with Crippen molar-refractivity contribution in [3.8, 4) is 5.75 Å². The van der Waals surface area contributed by atoms with Gasteiger partial charge < -0.3 is 4.74 Å². The van der Waals surface area contributed by atoms with Gasteiger partial charge in [0.1, 0.15) is 5.75 Å². The molecule has 6 heteroatoms. The van der Waals surface area contributed by atoms with E-state index < -0.39 is 5.92 Å². The first kappa shape index (κ1) is 18.9. The SMILES string of the molecule is COc1ccc(SC(=O)C[C@@H](C[N+](=O)[O-])c2cccc3ccccc23)cc1. The lowest BCUT2D eigenvalue weighted by atomic mass is 9.91. The molecule has 1 atom stereocenters. The first-order chi connectivity index (χ1) is 13.1. The molecule has 0 aromatic heterocycles. The monoisotopic (exact) mass is 381 g/mol. The number of nitro groups is 1. The van der Waals surface area contributed by atoms with E-state index in [9.17, 15) is 14.9 Å². The predicted octanol–water partition coefficient (Wildman–Crippen LogP) is 4.92. The molecule has 0 spiro atoms. The van der Waals surface area contributed by atoms with Crippen molar-refractivity contribution >= 4 is 27.6 Å². The molecule has 0 aliphatic heterocycles. The number of hydrogen-bond donors (Lipinski definition) is 0. The molecule has 3 rings (SSSR count). The molecule has 3 aromatic carbocycles. The number of fused-ring (bicyclic) bond motifs is 1. The number of methoxy groups -OCH3 is 1. The molecule has 3 aromatic rings. The summed E-state index contributed by atoms with van der Waals surface area (Å²) in [7, 11) is 1.58. The van der Waals surface area contributed by atoms with Crippen LogP contribution in [0.3, 0.4) is 0 Å². The number of hydrogen-bond acceptors (Lipinski definition) is 5. The Hall–Kier alpha value is -2.86. The summed E-state index contributed by atoms with van der Waals surface area (Å²) in [5, 5.41) is 13.1. The van der Waals surface area contributed by atoms with Crippen LogP contribution in [-0.2, 0) is 4.79 Å². The van der Waals surface area contributed by atoms with Crippen molar-refractivity contribution < 1.29 is 14.5 Å². The maximum Gasteiger partial charge on any atom is 0.211 e. The highest BCUT2D eigenvalue weighted by molar-refractivity contribution is 8.13. The van der Waals surface area contributed by atoms with Crippen LogP contribution < -0.4 is 4.74 Å². The van der Waals surface area contributed by atoms with Crippen molar-refractivity contribution in [1.29, 1.82) is 0 Å². The fourth-order valence-electron chi connectivity index (χ4n) is 3.08. The molecule has 138 valence electrons. The zero-order valence-electron chi connectivity index (χ0n) is 14.8. The molecule has 0 fully saturated rings. The lowest BCUT2D eigenvalue weighted by molar-refractivity contribution is -0.483. The molecule has 0 unspecified atom stereocenters. The third-order valence-electron chi connectivity index (χ3n) is 4.34. The van der Waals surface area contributed by atoms with Crippen molar-refractivity contribution in [1.82, 2.24) is 0 Å². The maximum atomic E-state index is 12.6. The van der Waals surface area contributed by atoms with E-state index in [2.05, 4.69) is 0 Å². The molecular formula is C21H19NO4S. The molecular weight excluding hydrogens is 362 g/mol. The summed E-state index contributed by atoms with van der Waals surface area (Å²) < 4.78 is 5.11. The van der Waals surface area contributed by atoms with E-state index in [1.807, 2.05) is 54.6 Å². The fourth-order valence-corrected chi connectivity index (χ4v) is 3.90. The number of carbonyl (C=O) groups is 1. The summed E-state index contributed by atoms with van der Waals surface area (Å²) in [5.74, 6) is 0.248. The summed E-state index contributed by atoms with van der Waals surface area (Å²) >= 11 is 1.10. The van der Waals surface area contributed by atoms with Crippen molar-refractivity contribution in [2.24, 2.45) is 0 Å². The Morgan fingerprint density at radius 1 is 1.07 bits per heavy atom. The van der Waals surface area contributed by atoms with Gasteiger partial charge in [0.25, 0.3) is 0 Å². The van der Waals surface area contributed by atoms with Gasteiger partial charge >= 0.3 is 0 Å². The Labute approximate surface area is 161 Å². The number of nitrogens with zero attached hydrogens (tertiary/aromatic N) is 1. The van der Waals surface area contributed by atoms with Crippen molar-refractivity contribution in [2.45, 2.75) is 17.2 Å². The topological polar surface area (TPSA) is 69.4 Å². The average molecular weight is 381 g/mol. The Kier molecular flexibility index (Phi) is 6.08. The van der Waals surface area contributed by atoms with Crippen LogP contribution in [0.25, 0.3) is 10.8 Å². The summed E-state index contributed by atoms with van der Waals surface area (Å²) in [6, 6.07) is 20.7. The highest BCUT2D eigenvalue weighted by Gasteiger charge is 2.23. The van der Waals surface area contributed by atoms with Gasteiger partial charge in [-0.15, -0.1) is 0 Å². The maximum absolute atomic E-state index is 12.6. The summed E-state index contributed by atoms with van der Waals surface area (Å²) in [5.41, 5.74) is 0.841. The quantitative estimate of drug-likeness (QED) is 0.330. The Morgan fingerprint density at radius 2 is 1.78 bits per heavy atom. The van der Waals surface area contributed by atoms with Crippen molar-refractivity contribution in [3.63, 3.8) is 0 Å². The van der Waals surface area contributed by atoms with E-state index in [4.69, 9.17) is 4.74 Å². The van der Waals surface area contributed by atoms with Crippen LogP contribution in [0.5, 0.6) is 5.75 Å². The van der Waals surface area contributed by atoms with Crippen LogP contribution in [0.1, 0.15) is 17.9 Å². The van der Waals surface area contributed by atoms with Gasteiger partial charge in [0.2, 0.25) is 6.54 Å². The van der Waals surface area contributed by atoms with Gasteiger partial charge in [0, 0.05) is 16.2 Å². The van der Waals surface area contributed by atoms with Crippen molar-refractivity contribution in [2.75, 3.05) is 13.7 Å². The van der Waals surface area contributed by atoms with Gasteiger partial charge in [-0.3, -0.25) is 14.9 Å². The average Bonchev–Trinajstić information content (AvgIpc) is 2.67. The van der Waals surface area contributed by atoms with E-state index in [0.717, 1.165) is 33.0 Å². The summed E-state index contributed by atoms with van der Waals surface area (Å²) in [6.07, 6.45) is 0.103. The third-order valence-corrected chi connectivity index (χ3v) is 5.24. The van der Waals surface area contributed by atoms with Gasteiger partial charge in [-0.05, 0) is 40.6 Å². The summed E-state index contributed by atoms with van der Waals surface area (Å²) in [4.78, 5) is 24.2. The van der Waals surface area contributed by atoms with Crippen LogP contribution >= 0.6 is 11.8 Å². The smallest absolute Gasteiger partial charge is 0.211 e. The Balaban J connectivity index is 1.82. The molecule has 0 amide bonds. The molecule has 0 bridgehead atoms. The van der Waals surface area contributed by atoms with Crippen LogP contribution in [0.4, 0.5) is 0 Å². The minimum atomic E-state index is -0.468. The van der Waals surface area contributed by atoms with E-state index in [0.29, 0.717) is 5.75 Å². The molecule has 0 radical (unpaired) electrons.